The van der Waals surface area contributed by atoms with Gasteiger partial charge in [0.2, 0.25) is 0 Å². The molecule has 0 aliphatic carbocycles. The molecule has 1 aromatic heterocycles. The van der Waals surface area contributed by atoms with Gasteiger partial charge in [-0.15, -0.1) is 0 Å². The minimum atomic E-state index is 0.162. The van der Waals surface area contributed by atoms with Crippen LogP contribution in [0.5, 0.6) is 0 Å². The van der Waals surface area contributed by atoms with E-state index < -0.39 is 0 Å². The Kier molecular flexibility index (Phi) is 6.49. The first-order chi connectivity index (χ1) is 16.2. The Morgan fingerprint density at radius 3 is 2.30 bits per heavy atom. The van der Waals surface area contributed by atoms with Crippen molar-refractivity contribution < 1.29 is 4.79 Å². The molecule has 0 saturated carbocycles. The van der Waals surface area contributed by atoms with Crippen LogP contribution in [0.3, 0.4) is 0 Å². The lowest BCUT2D eigenvalue weighted by Crippen LogP contribution is -2.44. The molecular formula is C28H34N4O. The minimum absolute atomic E-state index is 0.162. The number of hydrogen-bond donors (Lipinski definition) is 0. The number of rotatable bonds is 5. The Hall–Kier alpha value is -3.05. The molecule has 5 nitrogen and oxygen atoms in total. The van der Waals surface area contributed by atoms with Gasteiger partial charge in [-0.1, -0.05) is 18.2 Å². The lowest BCUT2D eigenvalue weighted by Gasteiger charge is -2.35. The number of aromatic nitrogens is 1. The first-order valence-electron chi connectivity index (χ1n) is 12.3. The number of amides is 1. The zero-order chi connectivity index (χ0) is 22.6. The average molecular weight is 443 g/mol. The molecule has 172 valence electrons. The SMILES string of the molecule is CN1CCN(c2ccccc2Cc2ccn(-c3ccc(C(=O)N4CCCCC4)cc3)c2)CC1. The summed E-state index contributed by atoms with van der Waals surface area (Å²) in [6, 6.07) is 19.1. The molecule has 0 bridgehead atoms. The molecule has 1 amide bonds. The Bertz CT molecular complexity index is 1070. The number of hydrogen-bond acceptors (Lipinski definition) is 3. The summed E-state index contributed by atoms with van der Waals surface area (Å²) < 4.78 is 2.16. The van der Waals surface area contributed by atoms with E-state index in [0.717, 1.165) is 69.8 Å². The quantitative estimate of drug-likeness (QED) is 0.585. The van der Waals surface area contributed by atoms with Crippen molar-refractivity contribution in [1.82, 2.24) is 14.4 Å². The number of anilines is 1. The highest BCUT2D eigenvalue weighted by atomic mass is 16.2. The summed E-state index contributed by atoms with van der Waals surface area (Å²) >= 11 is 0. The van der Waals surface area contributed by atoms with Gasteiger partial charge >= 0.3 is 0 Å². The molecule has 33 heavy (non-hydrogen) atoms. The van der Waals surface area contributed by atoms with Gasteiger partial charge in [0.25, 0.3) is 5.91 Å². The Labute approximate surface area is 197 Å². The van der Waals surface area contributed by atoms with Gasteiger partial charge in [-0.2, -0.15) is 0 Å². The third kappa shape index (κ3) is 4.98. The molecule has 2 fully saturated rings. The van der Waals surface area contributed by atoms with Crippen molar-refractivity contribution >= 4 is 11.6 Å². The largest absolute Gasteiger partial charge is 0.369 e. The molecule has 3 aromatic rings. The summed E-state index contributed by atoms with van der Waals surface area (Å²) in [5.74, 6) is 0.162. The zero-order valence-corrected chi connectivity index (χ0v) is 19.6. The number of likely N-dealkylation sites (tertiary alicyclic amines) is 1. The lowest BCUT2D eigenvalue weighted by atomic mass is 10.0. The molecule has 0 atom stereocenters. The number of para-hydroxylation sites is 1. The number of carbonyl (C=O) groups excluding carboxylic acids is 1. The number of nitrogens with zero attached hydrogens (tertiary/aromatic N) is 4. The lowest BCUT2D eigenvalue weighted by molar-refractivity contribution is 0.0724. The van der Waals surface area contributed by atoms with E-state index >= 15 is 0 Å². The summed E-state index contributed by atoms with van der Waals surface area (Å²) in [6.45, 7) is 6.16. The normalized spacial score (nSPS) is 17.4. The maximum Gasteiger partial charge on any atom is 0.253 e. The van der Waals surface area contributed by atoms with Crippen LogP contribution in [0.25, 0.3) is 5.69 Å². The third-order valence-electron chi connectivity index (χ3n) is 7.04. The summed E-state index contributed by atoms with van der Waals surface area (Å²) in [7, 11) is 2.20. The van der Waals surface area contributed by atoms with Crippen LogP contribution in [0.2, 0.25) is 0 Å². The molecule has 2 aliphatic heterocycles. The van der Waals surface area contributed by atoms with Crippen molar-refractivity contribution in [2.75, 3.05) is 51.2 Å². The number of likely N-dealkylation sites (N-methyl/N-ethyl adjacent to an activating group) is 1. The molecule has 0 N–H and O–H groups in total. The van der Waals surface area contributed by atoms with Gasteiger partial charge in [0.15, 0.2) is 0 Å². The van der Waals surface area contributed by atoms with Crippen LogP contribution in [-0.2, 0) is 6.42 Å². The molecule has 5 rings (SSSR count). The highest BCUT2D eigenvalue weighted by molar-refractivity contribution is 5.94. The van der Waals surface area contributed by atoms with Crippen LogP contribution in [0.15, 0.2) is 67.0 Å². The fourth-order valence-electron chi connectivity index (χ4n) is 5.00. The van der Waals surface area contributed by atoms with E-state index in [1.807, 2.05) is 17.0 Å². The Balaban J connectivity index is 1.28. The Morgan fingerprint density at radius 2 is 1.55 bits per heavy atom. The highest BCUT2D eigenvalue weighted by Crippen LogP contribution is 2.25. The van der Waals surface area contributed by atoms with Crippen molar-refractivity contribution in [3.05, 3.63) is 83.7 Å². The van der Waals surface area contributed by atoms with E-state index in [1.54, 1.807) is 0 Å². The van der Waals surface area contributed by atoms with Crippen LogP contribution < -0.4 is 4.90 Å². The summed E-state index contributed by atoms with van der Waals surface area (Å²) in [5.41, 5.74) is 5.91. The van der Waals surface area contributed by atoms with Gasteiger partial charge in [0.05, 0.1) is 0 Å². The topological polar surface area (TPSA) is 31.7 Å². The van der Waals surface area contributed by atoms with Gasteiger partial charge < -0.3 is 19.3 Å². The van der Waals surface area contributed by atoms with Crippen molar-refractivity contribution in [2.24, 2.45) is 0 Å². The van der Waals surface area contributed by atoms with Crippen molar-refractivity contribution in [1.29, 1.82) is 0 Å². The molecule has 2 saturated heterocycles. The molecule has 5 heteroatoms. The molecule has 3 heterocycles. The van der Waals surface area contributed by atoms with Gasteiger partial charge in [0.1, 0.15) is 0 Å². The van der Waals surface area contributed by atoms with Crippen molar-refractivity contribution in [2.45, 2.75) is 25.7 Å². The predicted octanol–water partition coefficient (Wildman–Crippen LogP) is 4.45. The second-order valence-corrected chi connectivity index (χ2v) is 9.42. The second-order valence-electron chi connectivity index (χ2n) is 9.42. The fourth-order valence-corrected chi connectivity index (χ4v) is 5.00. The second kappa shape index (κ2) is 9.84. The first-order valence-corrected chi connectivity index (χ1v) is 12.3. The molecule has 2 aliphatic rings. The monoisotopic (exact) mass is 442 g/mol. The number of benzene rings is 2. The maximum absolute atomic E-state index is 12.7. The third-order valence-corrected chi connectivity index (χ3v) is 7.04. The summed E-state index contributed by atoms with van der Waals surface area (Å²) in [5, 5.41) is 0. The molecular weight excluding hydrogens is 408 g/mol. The van der Waals surface area contributed by atoms with Gasteiger partial charge in [0, 0.05) is 75.0 Å². The van der Waals surface area contributed by atoms with Crippen LogP contribution in [-0.4, -0.2) is 66.6 Å². The van der Waals surface area contributed by atoms with E-state index in [9.17, 15) is 4.79 Å². The fraction of sp³-hybridized carbons (Fsp3) is 0.393. The molecule has 0 spiro atoms. The number of piperazine rings is 1. The van der Waals surface area contributed by atoms with Gasteiger partial charge in [-0.25, -0.2) is 0 Å². The van der Waals surface area contributed by atoms with Crippen LogP contribution in [0.4, 0.5) is 5.69 Å². The number of piperidine rings is 1. The number of carbonyl (C=O) groups is 1. The van der Waals surface area contributed by atoms with Crippen LogP contribution in [0.1, 0.15) is 40.7 Å². The van der Waals surface area contributed by atoms with E-state index in [2.05, 4.69) is 76.3 Å². The standard InChI is InChI=1S/C28H34N4O/c1-29-17-19-30(20-18-29)27-8-4-3-7-25(27)21-23-13-16-32(22-23)26-11-9-24(10-12-26)28(33)31-14-5-2-6-15-31/h3-4,7-13,16,22H,2,5-6,14-15,17-21H2,1H3. The minimum Gasteiger partial charge on any atom is -0.369 e. The summed E-state index contributed by atoms with van der Waals surface area (Å²) in [6.07, 6.45) is 8.72. The highest BCUT2D eigenvalue weighted by Gasteiger charge is 2.19. The maximum atomic E-state index is 12.7. The van der Waals surface area contributed by atoms with Crippen molar-refractivity contribution in [3.63, 3.8) is 0 Å². The zero-order valence-electron chi connectivity index (χ0n) is 19.6. The molecule has 0 radical (unpaired) electrons. The van der Waals surface area contributed by atoms with Gasteiger partial charge in [-0.05, 0) is 73.8 Å². The average Bonchev–Trinajstić information content (AvgIpc) is 3.34. The van der Waals surface area contributed by atoms with Crippen LogP contribution >= 0.6 is 0 Å². The molecule has 0 unspecified atom stereocenters. The predicted molar refractivity (Wildman–Crippen MR) is 134 cm³/mol. The first kappa shape index (κ1) is 21.8. The van der Waals surface area contributed by atoms with E-state index in [4.69, 9.17) is 0 Å². The smallest absolute Gasteiger partial charge is 0.253 e. The van der Waals surface area contributed by atoms with Crippen molar-refractivity contribution in [3.8, 4) is 5.69 Å². The van der Waals surface area contributed by atoms with Gasteiger partial charge in [-0.3, -0.25) is 4.79 Å². The van der Waals surface area contributed by atoms with E-state index in [-0.39, 0.29) is 5.91 Å². The van der Waals surface area contributed by atoms with Crippen LogP contribution in [0, 0.1) is 0 Å². The van der Waals surface area contributed by atoms with E-state index in [1.165, 1.54) is 23.2 Å². The van der Waals surface area contributed by atoms with E-state index in [0.29, 0.717) is 0 Å². The Morgan fingerprint density at radius 1 is 0.818 bits per heavy atom. The summed E-state index contributed by atoms with van der Waals surface area (Å²) in [4.78, 5) is 19.6. The molecule has 2 aromatic carbocycles.